The van der Waals surface area contributed by atoms with E-state index >= 15 is 0 Å². The summed E-state index contributed by atoms with van der Waals surface area (Å²) in [5.41, 5.74) is 0. The Kier molecular flexibility index (Phi) is 1.74. The molecule has 0 aromatic heterocycles. The lowest BCUT2D eigenvalue weighted by molar-refractivity contribution is 0.134. The van der Waals surface area contributed by atoms with Crippen LogP contribution in [0, 0.1) is 0 Å². The summed E-state index contributed by atoms with van der Waals surface area (Å²) < 4.78 is 5.11. The van der Waals surface area contributed by atoms with Gasteiger partial charge >= 0.3 is 0 Å². The molecule has 0 aliphatic carbocycles. The minimum atomic E-state index is 0.412. The van der Waals surface area contributed by atoms with E-state index in [2.05, 4.69) is 16.7 Å². The van der Waals surface area contributed by atoms with E-state index in [-0.39, 0.29) is 0 Å². The van der Waals surface area contributed by atoms with Crippen LogP contribution in [0.1, 0.15) is 6.92 Å². The fourth-order valence-electron chi connectivity index (χ4n) is 1.03. The van der Waals surface area contributed by atoms with Crippen molar-refractivity contribution in [1.29, 1.82) is 0 Å². The molecule has 0 spiro atoms. The highest BCUT2D eigenvalue weighted by Gasteiger charge is 2.22. The Morgan fingerprint density at radius 3 is 2.30 bits per heavy atom. The van der Waals surface area contributed by atoms with Crippen molar-refractivity contribution in [3.05, 3.63) is 12.1 Å². The molecule has 0 saturated heterocycles. The molecule has 0 aromatic rings. The van der Waals surface area contributed by atoms with Crippen molar-refractivity contribution in [2.75, 3.05) is 21.2 Å². The van der Waals surface area contributed by atoms with Crippen molar-refractivity contribution >= 4 is 0 Å². The maximum Gasteiger partial charge on any atom is 0.207 e. The number of methoxy groups -OCH3 is 1. The van der Waals surface area contributed by atoms with Gasteiger partial charge in [-0.25, -0.2) is 0 Å². The summed E-state index contributed by atoms with van der Waals surface area (Å²) in [4.78, 5) is 4.19. The van der Waals surface area contributed by atoms with Gasteiger partial charge < -0.3 is 14.5 Å². The zero-order chi connectivity index (χ0) is 7.72. The Hall–Kier alpha value is -0.860. The molecule has 10 heavy (non-hydrogen) atoms. The first-order chi connectivity index (χ1) is 4.66. The third-order valence-electron chi connectivity index (χ3n) is 2.02. The predicted molar refractivity (Wildman–Crippen MR) is 40.1 cm³/mol. The molecule has 0 N–H and O–H groups in total. The Labute approximate surface area is 61.9 Å². The van der Waals surface area contributed by atoms with Gasteiger partial charge in [-0.1, -0.05) is 0 Å². The summed E-state index contributed by atoms with van der Waals surface area (Å²) in [6.07, 6.45) is 2.40. The van der Waals surface area contributed by atoms with Gasteiger partial charge in [-0.05, 0) is 6.92 Å². The fourth-order valence-corrected chi connectivity index (χ4v) is 1.03. The molecule has 1 unspecified atom stereocenters. The second-order valence-corrected chi connectivity index (χ2v) is 2.58. The number of hydrogen-bond donors (Lipinski definition) is 0. The van der Waals surface area contributed by atoms with E-state index in [0.717, 1.165) is 5.88 Å². The van der Waals surface area contributed by atoms with Gasteiger partial charge in [-0.15, -0.1) is 0 Å². The Balaban J connectivity index is 2.68. The highest BCUT2D eigenvalue weighted by Crippen LogP contribution is 2.18. The summed E-state index contributed by atoms with van der Waals surface area (Å²) in [6, 6.07) is 0. The third-order valence-corrected chi connectivity index (χ3v) is 2.02. The molecule has 0 amide bonds. The molecule has 3 nitrogen and oxygen atoms in total. The quantitative estimate of drug-likeness (QED) is 0.534. The number of rotatable bonds is 1. The molecule has 1 aliphatic heterocycles. The number of ether oxygens (including phenoxy) is 1. The van der Waals surface area contributed by atoms with Gasteiger partial charge in [0, 0.05) is 14.1 Å². The summed E-state index contributed by atoms with van der Waals surface area (Å²) in [7, 11) is 5.74. The normalized spacial score (nSPS) is 25.2. The first kappa shape index (κ1) is 7.25. The van der Waals surface area contributed by atoms with E-state index in [4.69, 9.17) is 4.74 Å². The predicted octanol–water partition coefficient (Wildman–Crippen LogP) is 0.655. The van der Waals surface area contributed by atoms with E-state index in [0.29, 0.717) is 6.17 Å². The average Bonchev–Trinajstić information content (AvgIpc) is 2.17. The molecule has 0 bridgehead atoms. The molecule has 0 saturated carbocycles. The van der Waals surface area contributed by atoms with E-state index in [1.807, 2.05) is 20.3 Å². The van der Waals surface area contributed by atoms with Crippen LogP contribution < -0.4 is 0 Å². The van der Waals surface area contributed by atoms with E-state index in [1.54, 1.807) is 7.11 Å². The highest BCUT2D eigenvalue weighted by molar-refractivity contribution is 5.00. The van der Waals surface area contributed by atoms with Gasteiger partial charge in [0.15, 0.2) is 0 Å². The van der Waals surface area contributed by atoms with Gasteiger partial charge in [0.1, 0.15) is 6.17 Å². The van der Waals surface area contributed by atoms with Crippen LogP contribution in [0.3, 0.4) is 0 Å². The topological polar surface area (TPSA) is 15.7 Å². The minimum absolute atomic E-state index is 0.412. The Morgan fingerprint density at radius 2 is 2.10 bits per heavy atom. The Bertz CT molecular complexity index is 156. The molecule has 1 rings (SSSR count). The maximum absolute atomic E-state index is 5.11. The van der Waals surface area contributed by atoms with Gasteiger partial charge in [-0.3, -0.25) is 0 Å². The number of nitrogens with zero attached hydrogens (tertiary/aromatic N) is 2. The third kappa shape index (κ3) is 0.916. The van der Waals surface area contributed by atoms with Crippen molar-refractivity contribution in [3.63, 3.8) is 0 Å². The molecule has 1 heterocycles. The second-order valence-electron chi connectivity index (χ2n) is 2.58. The summed E-state index contributed by atoms with van der Waals surface area (Å²) in [5.74, 6) is 0.926. The first-order valence-electron chi connectivity index (χ1n) is 3.37. The van der Waals surface area contributed by atoms with Gasteiger partial charge in [-0.2, -0.15) is 0 Å². The lowest BCUT2D eigenvalue weighted by Crippen LogP contribution is -2.32. The molecular formula is C7H14N2O. The van der Waals surface area contributed by atoms with Gasteiger partial charge in [0.05, 0.1) is 13.3 Å². The van der Waals surface area contributed by atoms with Gasteiger partial charge in [0.2, 0.25) is 5.88 Å². The van der Waals surface area contributed by atoms with Crippen LogP contribution in [0.5, 0.6) is 0 Å². The average molecular weight is 142 g/mol. The van der Waals surface area contributed by atoms with Crippen LogP contribution in [0.15, 0.2) is 12.1 Å². The van der Waals surface area contributed by atoms with Crippen LogP contribution in [0.2, 0.25) is 0 Å². The van der Waals surface area contributed by atoms with Crippen LogP contribution in [-0.4, -0.2) is 37.2 Å². The highest BCUT2D eigenvalue weighted by atomic mass is 16.5. The maximum atomic E-state index is 5.11. The summed E-state index contributed by atoms with van der Waals surface area (Å²) in [6.45, 7) is 2.13. The molecular weight excluding hydrogens is 128 g/mol. The molecule has 3 heteroatoms. The molecule has 0 radical (unpaired) electrons. The zero-order valence-corrected chi connectivity index (χ0v) is 6.96. The van der Waals surface area contributed by atoms with E-state index < -0.39 is 0 Å². The summed E-state index contributed by atoms with van der Waals surface area (Å²) >= 11 is 0. The van der Waals surface area contributed by atoms with Crippen molar-refractivity contribution in [2.45, 2.75) is 13.1 Å². The van der Waals surface area contributed by atoms with Crippen LogP contribution in [0.4, 0.5) is 0 Å². The lowest BCUT2D eigenvalue weighted by Gasteiger charge is -2.24. The molecule has 1 aliphatic rings. The molecule has 0 aromatic carbocycles. The fraction of sp³-hybridized carbons (Fsp3) is 0.714. The smallest absolute Gasteiger partial charge is 0.207 e. The number of hydrogen-bond acceptors (Lipinski definition) is 3. The van der Waals surface area contributed by atoms with Crippen LogP contribution in [-0.2, 0) is 4.74 Å². The van der Waals surface area contributed by atoms with E-state index in [1.165, 1.54) is 0 Å². The standard InChI is InChI=1S/C7H14N2O/c1-6-8(2)5-7(10-4)9(6)3/h5-6H,1-4H3. The first-order valence-corrected chi connectivity index (χ1v) is 3.37. The zero-order valence-electron chi connectivity index (χ0n) is 6.96. The van der Waals surface area contributed by atoms with Crippen molar-refractivity contribution in [3.8, 4) is 0 Å². The van der Waals surface area contributed by atoms with Crippen molar-refractivity contribution in [2.24, 2.45) is 0 Å². The van der Waals surface area contributed by atoms with Gasteiger partial charge in [0.25, 0.3) is 0 Å². The molecule has 1 atom stereocenters. The monoisotopic (exact) mass is 142 g/mol. The van der Waals surface area contributed by atoms with Crippen LogP contribution >= 0.6 is 0 Å². The minimum Gasteiger partial charge on any atom is -0.481 e. The summed E-state index contributed by atoms with van der Waals surface area (Å²) in [5, 5.41) is 0. The molecule has 58 valence electrons. The van der Waals surface area contributed by atoms with E-state index in [9.17, 15) is 0 Å². The SMILES string of the molecule is COC1=CN(C)C(C)N1C. The lowest BCUT2D eigenvalue weighted by atomic mass is 10.5. The van der Waals surface area contributed by atoms with Crippen LogP contribution in [0.25, 0.3) is 0 Å². The van der Waals surface area contributed by atoms with Crippen molar-refractivity contribution < 1.29 is 4.74 Å². The second kappa shape index (κ2) is 2.40. The molecule has 0 fully saturated rings. The Morgan fingerprint density at radius 1 is 1.50 bits per heavy atom. The van der Waals surface area contributed by atoms with Crippen molar-refractivity contribution in [1.82, 2.24) is 9.80 Å². The largest absolute Gasteiger partial charge is 0.481 e.